The molecule has 1 aliphatic rings. The van der Waals surface area contributed by atoms with Crippen LogP contribution in [0.2, 0.25) is 0 Å². The summed E-state index contributed by atoms with van der Waals surface area (Å²) in [6, 6.07) is 14.4. The van der Waals surface area contributed by atoms with E-state index in [-0.39, 0.29) is 22.6 Å². The van der Waals surface area contributed by atoms with Crippen LogP contribution < -0.4 is 4.74 Å². The molecule has 2 amide bonds. The molecule has 1 aliphatic heterocycles. The third-order valence-electron chi connectivity index (χ3n) is 3.89. The van der Waals surface area contributed by atoms with Gasteiger partial charge in [0, 0.05) is 5.56 Å². The quantitative estimate of drug-likeness (QED) is 0.766. The van der Waals surface area contributed by atoms with Gasteiger partial charge in [-0.25, -0.2) is 4.79 Å². The number of rotatable bonds is 6. The minimum Gasteiger partial charge on any atom is -0.481 e. The molecule has 1 saturated heterocycles. The molecule has 138 valence electrons. The monoisotopic (exact) mass is 383 g/mol. The van der Waals surface area contributed by atoms with Gasteiger partial charge in [-0.2, -0.15) is 0 Å². The smallest absolute Gasteiger partial charge is 0.341 e. The number of amides is 2. The van der Waals surface area contributed by atoms with Crippen LogP contribution in [0.1, 0.15) is 16.7 Å². The summed E-state index contributed by atoms with van der Waals surface area (Å²) in [5.74, 6) is -1.13. The van der Waals surface area contributed by atoms with Crippen LogP contribution in [0, 0.1) is 6.92 Å². The van der Waals surface area contributed by atoms with Crippen molar-refractivity contribution >= 4 is 35.0 Å². The van der Waals surface area contributed by atoms with E-state index in [1.54, 1.807) is 30.3 Å². The van der Waals surface area contributed by atoms with Crippen molar-refractivity contribution in [1.82, 2.24) is 4.90 Å². The van der Waals surface area contributed by atoms with Crippen LogP contribution in [-0.2, 0) is 16.1 Å². The molecule has 0 unspecified atom stereocenters. The zero-order chi connectivity index (χ0) is 19.4. The van der Waals surface area contributed by atoms with Crippen molar-refractivity contribution in [3.8, 4) is 5.75 Å². The lowest BCUT2D eigenvalue weighted by Crippen LogP contribution is -2.27. The Labute approximate surface area is 160 Å². The Bertz CT molecular complexity index is 920. The summed E-state index contributed by atoms with van der Waals surface area (Å²) in [5, 5.41) is 8.43. The summed E-state index contributed by atoms with van der Waals surface area (Å²) in [7, 11) is 0. The molecule has 3 rings (SSSR count). The second kappa shape index (κ2) is 8.09. The van der Waals surface area contributed by atoms with E-state index in [2.05, 4.69) is 0 Å². The van der Waals surface area contributed by atoms with Gasteiger partial charge < -0.3 is 9.84 Å². The van der Waals surface area contributed by atoms with Gasteiger partial charge in [0.25, 0.3) is 11.1 Å². The SMILES string of the molecule is Cc1ccc(CN2C(=O)S/C(=C/c3ccccc3OCC(=O)O)C2=O)cc1. The number of aryl methyl sites for hydroxylation is 1. The van der Waals surface area contributed by atoms with Gasteiger partial charge in [0.1, 0.15) is 5.75 Å². The summed E-state index contributed by atoms with van der Waals surface area (Å²) in [6.45, 7) is 1.69. The topological polar surface area (TPSA) is 83.9 Å². The van der Waals surface area contributed by atoms with Crippen molar-refractivity contribution in [1.29, 1.82) is 0 Å². The fourth-order valence-electron chi connectivity index (χ4n) is 2.52. The average molecular weight is 383 g/mol. The predicted molar refractivity (Wildman–Crippen MR) is 102 cm³/mol. The van der Waals surface area contributed by atoms with E-state index in [9.17, 15) is 14.4 Å². The van der Waals surface area contributed by atoms with Crippen molar-refractivity contribution in [2.45, 2.75) is 13.5 Å². The highest BCUT2D eigenvalue weighted by Gasteiger charge is 2.35. The largest absolute Gasteiger partial charge is 0.481 e. The van der Waals surface area contributed by atoms with Crippen molar-refractivity contribution in [2.24, 2.45) is 0 Å². The molecule has 6 nitrogen and oxygen atoms in total. The van der Waals surface area contributed by atoms with E-state index < -0.39 is 12.6 Å². The highest BCUT2D eigenvalue weighted by Crippen LogP contribution is 2.34. The lowest BCUT2D eigenvalue weighted by molar-refractivity contribution is -0.139. The van der Waals surface area contributed by atoms with Crippen LogP contribution in [0.5, 0.6) is 5.75 Å². The third-order valence-corrected chi connectivity index (χ3v) is 4.80. The normalized spacial score (nSPS) is 15.4. The summed E-state index contributed by atoms with van der Waals surface area (Å²) >= 11 is 0.859. The highest BCUT2D eigenvalue weighted by atomic mass is 32.2. The first-order valence-electron chi connectivity index (χ1n) is 8.18. The minimum absolute atomic E-state index is 0.208. The summed E-state index contributed by atoms with van der Waals surface area (Å²) < 4.78 is 5.24. The van der Waals surface area contributed by atoms with Gasteiger partial charge >= 0.3 is 5.97 Å². The van der Waals surface area contributed by atoms with Crippen LogP contribution in [-0.4, -0.2) is 33.7 Å². The lowest BCUT2D eigenvalue weighted by Gasteiger charge is -2.12. The second-order valence-electron chi connectivity index (χ2n) is 5.97. The zero-order valence-electron chi connectivity index (χ0n) is 14.5. The number of carboxylic acid groups (broad SMARTS) is 1. The van der Waals surface area contributed by atoms with E-state index in [0.717, 1.165) is 22.9 Å². The molecule has 0 atom stereocenters. The fraction of sp³-hybridized carbons (Fsp3) is 0.150. The maximum atomic E-state index is 12.7. The number of carboxylic acids is 1. The molecule has 7 heteroatoms. The Balaban J connectivity index is 1.80. The number of nitrogens with zero attached hydrogens (tertiary/aromatic N) is 1. The first-order valence-corrected chi connectivity index (χ1v) is 9.00. The van der Waals surface area contributed by atoms with Crippen LogP contribution in [0.3, 0.4) is 0 Å². The number of imide groups is 1. The van der Waals surface area contributed by atoms with Gasteiger partial charge in [-0.3, -0.25) is 14.5 Å². The minimum atomic E-state index is -1.09. The Morgan fingerprint density at radius 2 is 1.85 bits per heavy atom. The number of hydrogen-bond acceptors (Lipinski definition) is 5. The Morgan fingerprint density at radius 3 is 2.56 bits per heavy atom. The second-order valence-corrected chi connectivity index (χ2v) is 6.97. The maximum absolute atomic E-state index is 12.7. The van der Waals surface area contributed by atoms with E-state index in [1.807, 2.05) is 31.2 Å². The Hall–Kier alpha value is -3.06. The number of thioether (sulfide) groups is 1. The van der Waals surface area contributed by atoms with E-state index in [1.165, 1.54) is 4.90 Å². The number of hydrogen-bond donors (Lipinski definition) is 1. The van der Waals surface area contributed by atoms with E-state index in [4.69, 9.17) is 9.84 Å². The van der Waals surface area contributed by atoms with Crippen molar-refractivity contribution in [3.63, 3.8) is 0 Å². The molecule has 27 heavy (non-hydrogen) atoms. The molecule has 1 fully saturated rings. The molecule has 0 bridgehead atoms. The first kappa shape index (κ1) is 18.7. The van der Waals surface area contributed by atoms with Crippen LogP contribution in [0.4, 0.5) is 4.79 Å². The molecule has 0 saturated carbocycles. The molecular formula is C20H17NO5S. The van der Waals surface area contributed by atoms with Crippen molar-refractivity contribution in [3.05, 3.63) is 70.1 Å². The Morgan fingerprint density at radius 1 is 1.15 bits per heavy atom. The number of carbonyl (C=O) groups excluding carboxylic acids is 2. The van der Waals surface area contributed by atoms with Gasteiger partial charge in [0.2, 0.25) is 0 Å². The number of carbonyl (C=O) groups is 3. The fourth-order valence-corrected chi connectivity index (χ4v) is 3.35. The number of benzene rings is 2. The molecule has 1 N–H and O–H groups in total. The molecule has 2 aromatic rings. The molecule has 0 spiro atoms. The van der Waals surface area contributed by atoms with Gasteiger partial charge in [-0.15, -0.1) is 0 Å². The molecular weight excluding hydrogens is 366 g/mol. The van der Waals surface area contributed by atoms with E-state index in [0.29, 0.717) is 11.3 Å². The summed E-state index contributed by atoms with van der Waals surface area (Å²) in [4.78, 5) is 37.1. The zero-order valence-corrected chi connectivity index (χ0v) is 15.4. The predicted octanol–water partition coefficient (Wildman–Crippen LogP) is 3.69. The van der Waals surface area contributed by atoms with Crippen LogP contribution in [0.15, 0.2) is 53.4 Å². The summed E-state index contributed by atoms with van der Waals surface area (Å²) in [5.41, 5.74) is 2.51. The standard InChI is InChI=1S/C20H17NO5S/c1-13-6-8-14(9-7-13)11-21-19(24)17(27-20(21)25)10-15-4-2-3-5-16(15)26-12-18(22)23/h2-10H,11-12H2,1H3,(H,22,23)/b17-10+. The molecule has 0 aliphatic carbocycles. The molecule has 2 aromatic carbocycles. The van der Waals surface area contributed by atoms with Gasteiger partial charge in [0.05, 0.1) is 11.4 Å². The summed E-state index contributed by atoms with van der Waals surface area (Å²) in [6.07, 6.45) is 1.55. The van der Waals surface area contributed by atoms with Crippen molar-refractivity contribution < 1.29 is 24.2 Å². The number of ether oxygens (including phenoxy) is 1. The Kier molecular flexibility index (Phi) is 5.61. The van der Waals surface area contributed by atoms with Gasteiger partial charge in [-0.1, -0.05) is 48.0 Å². The molecule has 0 radical (unpaired) electrons. The maximum Gasteiger partial charge on any atom is 0.341 e. The van der Waals surface area contributed by atoms with Gasteiger partial charge in [0.15, 0.2) is 6.61 Å². The van der Waals surface area contributed by atoms with Gasteiger partial charge in [-0.05, 0) is 36.4 Å². The number of aliphatic carboxylic acids is 1. The van der Waals surface area contributed by atoms with Crippen LogP contribution in [0.25, 0.3) is 6.08 Å². The van der Waals surface area contributed by atoms with E-state index >= 15 is 0 Å². The molecule has 1 heterocycles. The average Bonchev–Trinajstić information content (AvgIpc) is 2.90. The first-order chi connectivity index (χ1) is 12.9. The number of para-hydroxylation sites is 1. The van der Waals surface area contributed by atoms with Crippen LogP contribution >= 0.6 is 11.8 Å². The third kappa shape index (κ3) is 4.57. The van der Waals surface area contributed by atoms with Crippen molar-refractivity contribution in [2.75, 3.05) is 6.61 Å². The molecule has 0 aromatic heterocycles. The highest BCUT2D eigenvalue weighted by molar-refractivity contribution is 8.18. The lowest BCUT2D eigenvalue weighted by atomic mass is 10.1.